The van der Waals surface area contributed by atoms with Crippen molar-refractivity contribution in [2.24, 2.45) is 17.4 Å². The SMILES string of the molecule is NC1CCC(C2(N)C=C(Nc3ccc(F)c(F)c3)c3nccn3N2)CC1. The second-order valence-corrected chi connectivity index (χ2v) is 7.09. The van der Waals surface area contributed by atoms with Crippen molar-refractivity contribution in [1.29, 1.82) is 0 Å². The molecule has 1 aliphatic heterocycles. The fourth-order valence-electron chi connectivity index (χ4n) is 3.76. The second-order valence-electron chi connectivity index (χ2n) is 7.09. The van der Waals surface area contributed by atoms with E-state index in [1.807, 2.05) is 6.08 Å². The van der Waals surface area contributed by atoms with Gasteiger partial charge in [-0.2, -0.15) is 0 Å². The molecule has 26 heavy (non-hydrogen) atoms. The van der Waals surface area contributed by atoms with E-state index in [1.165, 1.54) is 6.07 Å². The summed E-state index contributed by atoms with van der Waals surface area (Å²) >= 11 is 0. The molecule has 138 valence electrons. The summed E-state index contributed by atoms with van der Waals surface area (Å²) in [5.41, 5.74) is 16.3. The van der Waals surface area contributed by atoms with E-state index in [-0.39, 0.29) is 12.0 Å². The minimum atomic E-state index is -0.909. The summed E-state index contributed by atoms with van der Waals surface area (Å²) in [4.78, 5) is 4.32. The van der Waals surface area contributed by atoms with Gasteiger partial charge in [-0.05, 0) is 43.9 Å². The van der Waals surface area contributed by atoms with Crippen molar-refractivity contribution in [2.75, 3.05) is 10.7 Å². The van der Waals surface area contributed by atoms with E-state index in [0.717, 1.165) is 37.8 Å². The van der Waals surface area contributed by atoms with E-state index in [4.69, 9.17) is 11.5 Å². The van der Waals surface area contributed by atoms with Crippen LogP contribution in [0, 0.1) is 17.6 Å². The van der Waals surface area contributed by atoms with Crippen molar-refractivity contribution in [3.05, 3.63) is 54.1 Å². The largest absolute Gasteiger partial charge is 0.353 e. The molecule has 0 bridgehead atoms. The normalized spacial score (nSPS) is 28.1. The van der Waals surface area contributed by atoms with Crippen LogP contribution < -0.4 is 22.2 Å². The number of nitrogens with one attached hydrogen (secondary N) is 2. The summed E-state index contributed by atoms with van der Waals surface area (Å²) in [5.74, 6) is -0.959. The van der Waals surface area contributed by atoms with Crippen LogP contribution in [0.1, 0.15) is 31.5 Å². The Bertz CT molecular complexity index is 840. The molecule has 0 amide bonds. The van der Waals surface area contributed by atoms with Crippen molar-refractivity contribution in [3.63, 3.8) is 0 Å². The van der Waals surface area contributed by atoms with Gasteiger partial charge in [0.25, 0.3) is 0 Å². The smallest absolute Gasteiger partial charge is 0.174 e. The maximum atomic E-state index is 13.5. The van der Waals surface area contributed by atoms with Crippen LogP contribution >= 0.6 is 0 Å². The first-order valence-electron chi connectivity index (χ1n) is 8.76. The van der Waals surface area contributed by atoms with E-state index < -0.39 is 17.3 Å². The van der Waals surface area contributed by atoms with Gasteiger partial charge in [-0.3, -0.25) is 0 Å². The summed E-state index contributed by atoms with van der Waals surface area (Å²) in [7, 11) is 0. The molecule has 1 aromatic carbocycles. The maximum absolute atomic E-state index is 13.5. The minimum Gasteiger partial charge on any atom is -0.353 e. The monoisotopic (exact) mass is 360 g/mol. The zero-order chi connectivity index (χ0) is 18.3. The van der Waals surface area contributed by atoms with Gasteiger partial charge in [-0.25, -0.2) is 18.4 Å². The molecule has 1 atom stereocenters. The summed E-state index contributed by atoms with van der Waals surface area (Å²) in [6.45, 7) is 0. The van der Waals surface area contributed by atoms with Gasteiger partial charge in [-0.1, -0.05) is 0 Å². The van der Waals surface area contributed by atoms with Crippen LogP contribution in [-0.2, 0) is 0 Å². The molecule has 1 unspecified atom stereocenters. The molecule has 0 spiro atoms. The zero-order valence-electron chi connectivity index (χ0n) is 14.3. The molecule has 8 heteroatoms. The highest BCUT2D eigenvalue weighted by molar-refractivity contribution is 5.76. The van der Waals surface area contributed by atoms with Crippen molar-refractivity contribution < 1.29 is 8.78 Å². The third-order valence-corrected chi connectivity index (χ3v) is 5.22. The molecule has 1 aliphatic carbocycles. The predicted octanol–water partition coefficient (Wildman–Crippen LogP) is 2.34. The lowest BCUT2D eigenvalue weighted by molar-refractivity contribution is 0.239. The number of hydrogen-bond donors (Lipinski definition) is 4. The van der Waals surface area contributed by atoms with Gasteiger partial charge in [0, 0.05) is 36.1 Å². The summed E-state index contributed by atoms with van der Waals surface area (Å²) in [5, 5.41) is 3.12. The summed E-state index contributed by atoms with van der Waals surface area (Å²) in [6, 6.07) is 3.91. The Labute approximate surface area is 150 Å². The van der Waals surface area contributed by atoms with E-state index in [0.29, 0.717) is 17.2 Å². The van der Waals surface area contributed by atoms with Gasteiger partial charge < -0.3 is 22.2 Å². The van der Waals surface area contributed by atoms with Crippen LogP contribution in [0.25, 0.3) is 5.70 Å². The first kappa shape index (κ1) is 17.0. The second kappa shape index (κ2) is 6.37. The lowest BCUT2D eigenvalue weighted by Crippen LogP contribution is -2.58. The Hall–Kier alpha value is -2.45. The average Bonchev–Trinajstić information content (AvgIpc) is 3.07. The molecule has 1 aromatic heterocycles. The van der Waals surface area contributed by atoms with Crippen molar-refractivity contribution in [3.8, 4) is 0 Å². The molecule has 0 radical (unpaired) electrons. The Balaban J connectivity index is 1.66. The standard InChI is InChI=1S/C18H22F2N6/c19-14-6-5-13(9-15(14)20)24-16-10-18(22,11-1-3-12(21)4-2-11)25-26-8-7-23-17(16)26/h5-12,24-25H,1-4,21-22H2. The van der Waals surface area contributed by atoms with Crippen molar-refractivity contribution in [1.82, 2.24) is 9.66 Å². The summed E-state index contributed by atoms with van der Waals surface area (Å²) < 4.78 is 28.5. The Morgan fingerprint density at radius 2 is 1.96 bits per heavy atom. The summed E-state index contributed by atoms with van der Waals surface area (Å²) in [6.07, 6.45) is 9.03. The molecule has 2 aliphatic rings. The van der Waals surface area contributed by atoms with E-state index in [9.17, 15) is 8.78 Å². The fraction of sp³-hybridized carbons (Fsp3) is 0.389. The molecule has 4 rings (SSSR count). The van der Waals surface area contributed by atoms with Gasteiger partial charge in [-0.15, -0.1) is 0 Å². The molecule has 1 fully saturated rings. The Morgan fingerprint density at radius 1 is 1.19 bits per heavy atom. The highest BCUT2D eigenvalue weighted by atomic mass is 19.2. The fourth-order valence-corrected chi connectivity index (χ4v) is 3.76. The minimum absolute atomic E-state index is 0.208. The number of benzene rings is 1. The molecular weight excluding hydrogens is 338 g/mol. The first-order chi connectivity index (χ1) is 12.4. The van der Waals surface area contributed by atoms with Gasteiger partial charge in [0.1, 0.15) is 5.66 Å². The molecule has 2 heterocycles. The molecule has 1 saturated carbocycles. The number of aromatic nitrogens is 2. The molecule has 6 N–H and O–H groups in total. The van der Waals surface area contributed by atoms with Gasteiger partial charge >= 0.3 is 0 Å². The Morgan fingerprint density at radius 3 is 2.69 bits per heavy atom. The van der Waals surface area contributed by atoms with Crippen LogP contribution in [-0.4, -0.2) is 21.4 Å². The Kier molecular flexibility index (Phi) is 4.16. The first-order valence-corrected chi connectivity index (χ1v) is 8.76. The van der Waals surface area contributed by atoms with Gasteiger partial charge in [0.15, 0.2) is 17.5 Å². The van der Waals surface area contributed by atoms with Crippen molar-refractivity contribution in [2.45, 2.75) is 37.4 Å². The molecule has 0 saturated heterocycles. The van der Waals surface area contributed by atoms with Crippen LogP contribution in [0.15, 0.2) is 36.7 Å². The van der Waals surface area contributed by atoms with Gasteiger partial charge in [0.05, 0.1) is 5.70 Å². The predicted molar refractivity (Wildman–Crippen MR) is 96.4 cm³/mol. The van der Waals surface area contributed by atoms with Crippen molar-refractivity contribution >= 4 is 11.4 Å². The maximum Gasteiger partial charge on any atom is 0.174 e. The quantitative estimate of drug-likeness (QED) is 0.674. The van der Waals surface area contributed by atoms with E-state index in [1.54, 1.807) is 17.1 Å². The molecule has 2 aromatic rings. The molecule has 6 nitrogen and oxygen atoms in total. The average molecular weight is 360 g/mol. The number of imidazole rings is 1. The molecular formula is C18H22F2N6. The number of anilines is 1. The van der Waals surface area contributed by atoms with Gasteiger partial charge in [0.2, 0.25) is 0 Å². The number of nitrogens with two attached hydrogens (primary N) is 2. The van der Waals surface area contributed by atoms with E-state index in [2.05, 4.69) is 15.7 Å². The van der Waals surface area contributed by atoms with Crippen LogP contribution in [0.5, 0.6) is 0 Å². The van der Waals surface area contributed by atoms with E-state index >= 15 is 0 Å². The lowest BCUT2D eigenvalue weighted by atomic mass is 9.78. The number of fused-ring (bicyclic) bond motifs is 1. The highest BCUT2D eigenvalue weighted by Crippen LogP contribution is 2.35. The zero-order valence-corrected chi connectivity index (χ0v) is 14.3. The third kappa shape index (κ3) is 3.06. The third-order valence-electron chi connectivity index (χ3n) is 5.22. The topological polar surface area (TPSA) is 93.9 Å². The van der Waals surface area contributed by atoms with Crippen LogP contribution in [0.4, 0.5) is 14.5 Å². The van der Waals surface area contributed by atoms with Crippen LogP contribution in [0.2, 0.25) is 0 Å². The lowest BCUT2D eigenvalue weighted by Gasteiger charge is -2.42. The highest BCUT2D eigenvalue weighted by Gasteiger charge is 2.39. The number of halogens is 2. The number of nitrogens with zero attached hydrogens (tertiary/aromatic N) is 2. The number of hydrogen-bond acceptors (Lipinski definition) is 5. The number of rotatable bonds is 3. The van der Waals surface area contributed by atoms with Crippen LogP contribution in [0.3, 0.4) is 0 Å².